The molecule has 0 heterocycles. The van der Waals surface area contributed by atoms with Gasteiger partial charge in [-0.15, -0.1) is 0 Å². The molecule has 1 aromatic carbocycles. The fraction of sp³-hybridized carbons (Fsp3) is 0.625. The van der Waals surface area contributed by atoms with Crippen LogP contribution in [0.1, 0.15) is 39.2 Å². The van der Waals surface area contributed by atoms with Crippen molar-refractivity contribution in [1.82, 2.24) is 5.32 Å². The van der Waals surface area contributed by atoms with Gasteiger partial charge in [0.2, 0.25) is 0 Å². The molecule has 0 fully saturated rings. The SMILES string of the molecule is CCCOc1c(Br)cc(CNCCC(C)C)cc1OC. The fourth-order valence-electron chi connectivity index (χ4n) is 1.84. The van der Waals surface area contributed by atoms with Crippen LogP contribution in [0.5, 0.6) is 11.5 Å². The van der Waals surface area contributed by atoms with Crippen LogP contribution in [0.4, 0.5) is 0 Å². The van der Waals surface area contributed by atoms with Gasteiger partial charge in [0, 0.05) is 6.54 Å². The predicted molar refractivity (Wildman–Crippen MR) is 87.6 cm³/mol. The van der Waals surface area contributed by atoms with Crippen molar-refractivity contribution in [2.75, 3.05) is 20.3 Å². The summed E-state index contributed by atoms with van der Waals surface area (Å²) in [4.78, 5) is 0. The highest BCUT2D eigenvalue weighted by Crippen LogP contribution is 2.36. The zero-order chi connectivity index (χ0) is 15.0. The molecule has 114 valence electrons. The summed E-state index contributed by atoms with van der Waals surface area (Å²) in [5.74, 6) is 2.31. The number of methoxy groups -OCH3 is 1. The summed E-state index contributed by atoms with van der Waals surface area (Å²) in [7, 11) is 1.68. The van der Waals surface area contributed by atoms with Gasteiger partial charge in [-0.25, -0.2) is 0 Å². The third-order valence-electron chi connectivity index (χ3n) is 2.97. The Hall–Kier alpha value is -0.740. The van der Waals surface area contributed by atoms with Crippen LogP contribution in [0.25, 0.3) is 0 Å². The molecule has 1 rings (SSSR count). The van der Waals surface area contributed by atoms with Crippen molar-refractivity contribution >= 4 is 15.9 Å². The summed E-state index contributed by atoms with van der Waals surface area (Å²) >= 11 is 3.57. The van der Waals surface area contributed by atoms with E-state index in [2.05, 4.69) is 48.1 Å². The molecule has 0 saturated carbocycles. The lowest BCUT2D eigenvalue weighted by atomic mass is 10.1. The summed E-state index contributed by atoms with van der Waals surface area (Å²) in [6.07, 6.45) is 2.17. The molecule has 0 unspecified atom stereocenters. The van der Waals surface area contributed by atoms with Gasteiger partial charge in [0.25, 0.3) is 0 Å². The molecule has 0 radical (unpaired) electrons. The summed E-state index contributed by atoms with van der Waals surface area (Å²) in [6.45, 7) is 9.14. The predicted octanol–water partition coefficient (Wildman–Crippen LogP) is 4.38. The molecule has 1 N–H and O–H groups in total. The maximum Gasteiger partial charge on any atom is 0.175 e. The molecule has 0 aliphatic heterocycles. The maximum absolute atomic E-state index is 5.73. The van der Waals surface area contributed by atoms with Crippen molar-refractivity contribution < 1.29 is 9.47 Å². The van der Waals surface area contributed by atoms with E-state index < -0.39 is 0 Å². The largest absolute Gasteiger partial charge is 0.493 e. The van der Waals surface area contributed by atoms with Crippen molar-refractivity contribution in [3.05, 3.63) is 22.2 Å². The zero-order valence-corrected chi connectivity index (χ0v) is 14.5. The first-order chi connectivity index (χ1) is 9.58. The Morgan fingerprint density at radius 2 is 2.05 bits per heavy atom. The molecular formula is C16H26BrNO2. The molecule has 0 bridgehead atoms. The molecule has 0 amide bonds. The smallest absolute Gasteiger partial charge is 0.175 e. The molecule has 0 aromatic heterocycles. The van der Waals surface area contributed by atoms with Gasteiger partial charge >= 0.3 is 0 Å². The lowest BCUT2D eigenvalue weighted by Crippen LogP contribution is -2.16. The minimum Gasteiger partial charge on any atom is -0.493 e. The molecule has 1 aromatic rings. The minimum atomic E-state index is 0.695. The normalized spacial score (nSPS) is 10.9. The molecular weight excluding hydrogens is 318 g/mol. The van der Waals surface area contributed by atoms with Gasteiger partial charge in [-0.2, -0.15) is 0 Å². The van der Waals surface area contributed by atoms with Crippen molar-refractivity contribution in [2.24, 2.45) is 5.92 Å². The van der Waals surface area contributed by atoms with Crippen LogP contribution in [0.3, 0.4) is 0 Å². The Labute approximate surface area is 131 Å². The highest BCUT2D eigenvalue weighted by molar-refractivity contribution is 9.10. The number of rotatable bonds is 9. The van der Waals surface area contributed by atoms with E-state index in [1.54, 1.807) is 7.11 Å². The average Bonchev–Trinajstić information content (AvgIpc) is 2.41. The number of ether oxygens (including phenoxy) is 2. The molecule has 0 atom stereocenters. The molecule has 0 aliphatic carbocycles. The van der Waals surface area contributed by atoms with E-state index in [-0.39, 0.29) is 0 Å². The Morgan fingerprint density at radius 1 is 1.30 bits per heavy atom. The van der Waals surface area contributed by atoms with Crippen LogP contribution in [0.15, 0.2) is 16.6 Å². The Balaban J connectivity index is 2.67. The van der Waals surface area contributed by atoms with E-state index >= 15 is 0 Å². The quantitative estimate of drug-likeness (QED) is 0.674. The molecule has 20 heavy (non-hydrogen) atoms. The van der Waals surface area contributed by atoms with E-state index in [0.29, 0.717) is 6.61 Å². The molecule has 3 nitrogen and oxygen atoms in total. The molecule has 0 spiro atoms. The second kappa shape index (κ2) is 9.24. The second-order valence-electron chi connectivity index (χ2n) is 5.32. The van der Waals surface area contributed by atoms with Crippen LogP contribution in [0, 0.1) is 5.92 Å². The second-order valence-corrected chi connectivity index (χ2v) is 6.17. The standard InChI is InChI=1S/C16H26BrNO2/c1-5-8-20-16-14(17)9-13(10-15(16)19-4)11-18-7-6-12(2)3/h9-10,12,18H,5-8,11H2,1-4H3. The topological polar surface area (TPSA) is 30.5 Å². The number of hydrogen-bond acceptors (Lipinski definition) is 3. The van der Waals surface area contributed by atoms with Gasteiger partial charge in [-0.05, 0) is 58.9 Å². The Morgan fingerprint density at radius 3 is 2.65 bits per heavy atom. The van der Waals surface area contributed by atoms with Crippen LogP contribution in [-0.2, 0) is 6.54 Å². The number of benzene rings is 1. The van der Waals surface area contributed by atoms with Gasteiger partial charge in [0.1, 0.15) is 0 Å². The lowest BCUT2D eigenvalue weighted by molar-refractivity contribution is 0.292. The highest BCUT2D eigenvalue weighted by atomic mass is 79.9. The first-order valence-electron chi connectivity index (χ1n) is 7.28. The van der Waals surface area contributed by atoms with Crippen LogP contribution < -0.4 is 14.8 Å². The number of hydrogen-bond donors (Lipinski definition) is 1. The summed E-state index contributed by atoms with van der Waals surface area (Å²) in [6, 6.07) is 4.13. The van der Waals surface area contributed by atoms with Crippen LogP contribution >= 0.6 is 15.9 Å². The number of halogens is 1. The molecule has 0 saturated heterocycles. The first kappa shape index (κ1) is 17.3. The first-order valence-corrected chi connectivity index (χ1v) is 8.07. The van der Waals surface area contributed by atoms with E-state index in [0.717, 1.165) is 41.4 Å². The Bertz CT molecular complexity index is 408. The van der Waals surface area contributed by atoms with Gasteiger partial charge < -0.3 is 14.8 Å². The molecule has 4 heteroatoms. The van der Waals surface area contributed by atoms with Gasteiger partial charge in [-0.3, -0.25) is 0 Å². The maximum atomic E-state index is 5.73. The highest BCUT2D eigenvalue weighted by Gasteiger charge is 2.11. The van der Waals surface area contributed by atoms with Gasteiger partial charge in [0.15, 0.2) is 11.5 Å². The van der Waals surface area contributed by atoms with Crippen LogP contribution in [0.2, 0.25) is 0 Å². The van der Waals surface area contributed by atoms with Crippen molar-refractivity contribution in [3.8, 4) is 11.5 Å². The minimum absolute atomic E-state index is 0.695. The third kappa shape index (κ3) is 5.71. The van der Waals surface area contributed by atoms with Gasteiger partial charge in [-0.1, -0.05) is 20.8 Å². The summed E-state index contributed by atoms with van der Waals surface area (Å²) < 4.78 is 12.1. The Kier molecular flexibility index (Phi) is 8.00. The van der Waals surface area contributed by atoms with Crippen LogP contribution in [-0.4, -0.2) is 20.3 Å². The zero-order valence-electron chi connectivity index (χ0n) is 13.0. The monoisotopic (exact) mass is 343 g/mol. The third-order valence-corrected chi connectivity index (χ3v) is 3.56. The fourth-order valence-corrected chi connectivity index (χ4v) is 2.45. The van der Waals surface area contributed by atoms with E-state index in [9.17, 15) is 0 Å². The van der Waals surface area contributed by atoms with E-state index in [1.807, 2.05) is 6.07 Å². The summed E-state index contributed by atoms with van der Waals surface area (Å²) in [5.41, 5.74) is 1.20. The van der Waals surface area contributed by atoms with Crippen molar-refractivity contribution in [3.63, 3.8) is 0 Å². The van der Waals surface area contributed by atoms with Gasteiger partial charge in [0.05, 0.1) is 18.2 Å². The number of nitrogens with one attached hydrogen (secondary N) is 1. The van der Waals surface area contributed by atoms with E-state index in [1.165, 1.54) is 12.0 Å². The van der Waals surface area contributed by atoms with Crippen molar-refractivity contribution in [2.45, 2.75) is 40.2 Å². The lowest BCUT2D eigenvalue weighted by Gasteiger charge is -2.14. The van der Waals surface area contributed by atoms with E-state index in [4.69, 9.17) is 9.47 Å². The molecule has 0 aliphatic rings. The average molecular weight is 344 g/mol. The summed E-state index contributed by atoms with van der Waals surface area (Å²) in [5, 5.41) is 3.46. The van der Waals surface area contributed by atoms with Crippen molar-refractivity contribution in [1.29, 1.82) is 0 Å².